The lowest BCUT2D eigenvalue weighted by Crippen LogP contribution is -2.47. The monoisotopic (exact) mass is 515 g/mol. The highest BCUT2D eigenvalue weighted by molar-refractivity contribution is 5.98. The number of amides is 2. The van der Waals surface area contributed by atoms with Crippen molar-refractivity contribution in [1.82, 2.24) is 14.9 Å². The Bertz CT molecular complexity index is 1290. The minimum Gasteiger partial charge on any atom is -0.383 e. The van der Waals surface area contributed by atoms with Gasteiger partial charge in [0.25, 0.3) is 5.91 Å². The van der Waals surface area contributed by atoms with E-state index in [2.05, 4.69) is 9.97 Å². The van der Waals surface area contributed by atoms with Crippen molar-refractivity contribution >= 4 is 28.5 Å². The Hall–Kier alpha value is -3.73. The zero-order valence-electron chi connectivity index (χ0n) is 20.3. The summed E-state index contributed by atoms with van der Waals surface area (Å²) >= 11 is 0. The maximum absolute atomic E-state index is 13.9. The topological polar surface area (TPSA) is 124 Å². The number of pyridine rings is 2. The fourth-order valence-corrected chi connectivity index (χ4v) is 4.63. The standard InChI is InChI=1S/C26H28F3N5O3/c1-15-10-18-11-17(2-5-21(18)33-24(15)31)25(36)34(14-20-4-3-19(13-32-20)26(27,28)29)22(12-23(30)35)16-6-8-37-9-7-16/h2-5,10-11,13,16,22H,6-9,12,14H2,1H3,(H2,30,35)(H2,31,33)/t22-/m1/s1. The number of nitrogens with two attached hydrogens (primary N) is 2. The molecule has 0 spiro atoms. The number of aromatic nitrogens is 2. The lowest BCUT2D eigenvalue weighted by molar-refractivity contribution is -0.137. The Labute approximate surface area is 211 Å². The number of nitrogens with zero attached hydrogens (tertiary/aromatic N) is 3. The molecule has 0 aliphatic carbocycles. The molecule has 3 heterocycles. The van der Waals surface area contributed by atoms with Gasteiger partial charge in [-0.2, -0.15) is 13.2 Å². The largest absolute Gasteiger partial charge is 0.417 e. The maximum Gasteiger partial charge on any atom is 0.417 e. The molecule has 0 saturated carbocycles. The van der Waals surface area contributed by atoms with Gasteiger partial charge in [0.1, 0.15) is 5.82 Å². The number of benzene rings is 1. The van der Waals surface area contributed by atoms with Crippen LogP contribution in [0.1, 0.15) is 46.4 Å². The summed E-state index contributed by atoms with van der Waals surface area (Å²) in [5.41, 5.74) is 12.6. The molecule has 1 aliphatic heterocycles. The van der Waals surface area contributed by atoms with Crippen LogP contribution in [-0.4, -0.2) is 45.9 Å². The van der Waals surface area contributed by atoms with Gasteiger partial charge in [0, 0.05) is 42.8 Å². The molecule has 37 heavy (non-hydrogen) atoms. The molecule has 11 heteroatoms. The lowest BCUT2D eigenvalue weighted by atomic mass is 9.87. The Morgan fingerprint density at radius 3 is 2.51 bits per heavy atom. The van der Waals surface area contributed by atoms with E-state index in [1.807, 2.05) is 13.0 Å². The predicted octanol–water partition coefficient (Wildman–Crippen LogP) is 3.85. The van der Waals surface area contributed by atoms with E-state index in [1.165, 1.54) is 11.0 Å². The molecule has 4 N–H and O–H groups in total. The number of rotatable bonds is 7. The van der Waals surface area contributed by atoms with Crippen LogP contribution in [-0.2, 0) is 22.3 Å². The third-order valence-corrected chi connectivity index (χ3v) is 6.66. The second-order valence-corrected chi connectivity index (χ2v) is 9.25. The molecule has 0 bridgehead atoms. The molecule has 0 unspecified atom stereocenters. The molecule has 2 aromatic heterocycles. The number of hydrogen-bond acceptors (Lipinski definition) is 6. The van der Waals surface area contributed by atoms with Gasteiger partial charge >= 0.3 is 6.18 Å². The van der Waals surface area contributed by atoms with Crippen LogP contribution in [0, 0.1) is 12.8 Å². The van der Waals surface area contributed by atoms with E-state index in [4.69, 9.17) is 16.2 Å². The van der Waals surface area contributed by atoms with E-state index in [1.54, 1.807) is 18.2 Å². The maximum atomic E-state index is 13.9. The molecule has 1 saturated heterocycles. The first-order valence-electron chi connectivity index (χ1n) is 11.9. The van der Waals surface area contributed by atoms with Gasteiger partial charge in [0.2, 0.25) is 5.91 Å². The first-order chi connectivity index (χ1) is 17.5. The Balaban J connectivity index is 1.73. The summed E-state index contributed by atoms with van der Waals surface area (Å²) in [6.07, 6.45) is -2.66. The first-order valence-corrected chi connectivity index (χ1v) is 11.9. The number of fused-ring (bicyclic) bond motifs is 1. The zero-order valence-corrected chi connectivity index (χ0v) is 20.3. The summed E-state index contributed by atoms with van der Waals surface area (Å²) in [4.78, 5) is 35.8. The van der Waals surface area contributed by atoms with Gasteiger partial charge in [-0.3, -0.25) is 14.6 Å². The number of carbonyl (C=O) groups excluding carboxylic acids is 2. The second-order valence-electron chi connectivity index (χ2n) is 9.25. The van der Waals surface area contributed by atoms with Crippen LogP contribution in [0.2, 0.25) is 0 Å². The van der Waals surface area contributed by atoms with Crippen molar-refractivity contribution < 1.29 is 27.5 Å². The van der Waals surface area contributed by atoms with Crippen molar-refractivity contribution in [2.45, 2.75) is 44.9 Å². The normalized spacial score (nSPS) is 15.5. The van der Waals surface area contributed by atoms with Crippen molar-refractivity contribution in [3.63, 3.8) is 0 Å². The average Bonchev–Trinajstić information content (AvgIpc) is 2.86. The second kappa shape index (κ2) is 10.7. The minimum absolute atomic E-state index is 0.0798. The summed E-state index contributed by atoms with van der Waals surface area (Å²) in [7, 11) is 0. The summed E-state index contributed by atoms with van der Waals surface area (Å²) in [6.45, 7) is 2.67. The van der Waals surface area contributed by atoms with Crippen LogP contribution in [0.25, 0.3) is 10.9 Å². The van der Waals surface area contributed by atoms with Crippen molar-refractivity contribution in [3.05, 3.63) is 65.0 Å². The number of nitrogen functional groups attached to an aromatic ring is 1. The van der Waals surface area contributed by atoms with Gasteiger partial charge in [-0.25, -0.2) is 4.98 Å². The van der Waals surface area contributed by atoms with E-state index < -0.39 is 29.6 Å². The van der Waals surface area contributed by atoms with Gasteiger partial charge < -0.3 is 21.1 Å². The van der Waals surface area contributed by atoms with E-state index >= 15 is 0 Å². The molecule has 1 aliphatic rings. The molecular formula is C26H28F3N5O3. The van der Waals surface area contributed by atoms with E-state index in [0.717, 1.165) is 17.8 Å². The van der Waals surface area contributed by atoms with Crippen LogP contribution in [0.4, 0.5) is 19.0 Å². The molecule has 196 valence electrons. The molecule has 2 amide bonds. The summed E-state index contributed by atoms with van der Waals surface area (Å²) < 4.78 is 44.6. The van der Waals surface area contributed by atoms with Crippen LogP contribution in [0.15, 0.2) is 42.6 Å². The molecule has 1 atom stereocenters. The zero-order chi connectivity index (χ0) is 26.7. The fourth-order valence-electron chi connectivity index (χ4n) is 4.63. The van der Waals surface area contributed by atoms with Gasteiger partial charge in [0.15, 0.2) is 0 Å². The number of alkyl halides is 3. The number of ether oxygens (including phenoxy) is 1. The molecule has 3 aromatic rings. The predicted molar refractivity (Wildman–Crippen MR) is 131 cm³/mol. The summed E-state index contributed by atoms with van der Waals surface area (Å²) in [5.74, 6) is -0.661. The number of hydrogen-bond donors (Lipinski definition) is 2. The summed E-state index contributed by atoms with van der Waals surface area (Å²) in [5, 5.41) is 0.711. The first kappa shape index (κ1) is 26.3. The Morgan fingerprint density at radius 1 is 1.16 bits per heavy atom. The van der Waals surface area contributed by atoms with Gasteiger partial charge in [0.05, 0.1) is 23.3 Å². The molecule has 1 fully saturated rings. The number of anilines is 1. The van der Waals surface area contributed by atoms with Crippen molar-refractivity contribution in [3.8, 4) is 0 Å². The van der Waals surface area contributed by atoms with Crippen LogP contribution < -0.4 is 11.5 Å². The Kier molecular flexibility index (Phi) is 7.63. The highest BCUT2D eigenvalue weighted by Crippen LogP contribution is 2.31. The number of carbonyl (C=O) groups is 2. The fraction of sp³-hybridized carbons (Fsp3) is 0.385. The van der Waals surface area contributed by atoms with Crippen molar-refractivity contribution in [2.75, 3.05) is 18.9 Å². The SMILES string of the molecule is Cc1cc2cc(C(=O)N(Cc3ccc(C(F)(F)F)cn3)[C@H](CC(N)=O)C3CCOCC3)ccc2nc1N. The smallest absolute Gasteiger partial charge is 0.383 e. The summed E-state index contributed by atoms with van der Waals surface area (Å²) in [6, 6.07) is 8.41. The van der Waals surface area contributed by atoms with E-state index in [-0.39, 0.29) is 24.6 Å². The third-order valence-electron chi connectivity index (χ3n) is 6.66. The van der Waals surface area contributed by atoms with Gasteiger partial charge in [-0.15, -0.1) is 0 Å². The number of halogens is 3. The van der Waals surface area contributed by atoms with Crippen LogP contribution >= 0.6 is 0 Å². The van der Waals surface area contributed by atoms with Crippen LogP contribution in [0.5, 0.6) is 0 Å². The Morgan fingerprint density at radius 2 is 1.89 bits per heavy atom. The molecular weight excluding hydrogens is 487 g/mol. The van der Waals surface area contributed by atoms with Crippen molar-refractivity contribution in [1.29, 1.82) is 0 Å². The van der Waals surface area contributed by atoms with Crippen molar-refractivity contribution in [2.24, 2.45) is 11.7 Å². The van der Waals surface area contributed by atoms with Gasteiger partial charge in [-0.1, -0.05) is 0 Å². The minimum atomic E-state index is -4.53. The highest BCUT2D eigenvalue weighted by atomic mass is 19.4. The lowest BCUT2D eigenvalue weighted by Gasteiger charge is -2.38. The number of aryl methyl sites for hydroxylation is 1. The van der Waals surface area contributed by atoms with Crippen LogP contribution in [0.3, 0.4) is 0 Å². The van der Waals surface area contributed by atoms with Gasteiger partial charge in [-0.05, 0) is 67.6 Å². The average molecular weight is 516 g/mol. The molecule has 4 rings (SSSR count). The molecule has 1 aromatic carbocycles. The van der Waals surface area contributed by atoms with E-state index in [0.29, 0.717) is 48.3 Å². The number of primary amides is 1. The van der Waals surface area contributed by atoms with E-state index in [9.17, 15) is 22.8 Å². The molecule has 8 nitrogen and oxygen atoms in total. The molecule has 0 radical (unpaired) electrons. The highest BCUT2D eigenvalue weighted by Gasteiger charge is 2.35. The quantitative estimate of drug-likeness (QED) is 0.493. The third kappa shape index (κ3) is 6.16.